The van der Waals surface area contributed by atoms with E-state index in [-0.39, 0.29) is 18.0 Å². The molecule has 1 atom stereocenters. The molecule has 4 rings (SSSR count). The Hall–Kier alpha value is -2.14. The second kappa shape index (κ2) is 6.30. The lowest BCUT2D eigenvalue weighted by atomic mass is 10.1. The van der Waals surface area contributed by atoms with Gasteiger partial charge in [0, 0.05) is 27.7 Å². The van der Waals surface area contributed by atoms with Crippen LogP contribution in [0.1, 0.15) is 47.6 Å². The Bertz CT molecular complexity index is 932. The highest BCUT2D eigenvalue weighted by Crippen LogP contribution is 2.37. The van der Waals surface area contributed by atoms with E-state index in [2.05, 4.69) is 20.9 Å². The molecule has 3 aromatic rings. The normalized spacial score (nSPS) is 15.3. The topological polar surface area (TPSA) is 46.3 Å². The number of carbonyl (C=O) groups excluding carboxylic acids is 1. The zero-order chi connectivity index (χ0) is 17.6. The molecule has 1 amide bonds. The summed E-state index contributed by atoms with van der Waals surface area (Å²) in [4.78, 5) is 19.7. The van der Waals surface area contributed by atoms with Crippen molar-refractivity contribution >= 4 is 32.8 Å². The number of carbonyl (C=O) groups is 1. The van der Waals surface area contributed by atoms with Gasteiger partial charge in [0.25, 0.3) is 5.91 Å². The molecule has 1 aliphatic carbocycles. The van der Waals surface area contributed by atoms with Gasteiger partial charge in [0.05, 0.1) is 11.7 Å². The van der Waals surface area contributed by atoms with Gasteiger partial charge in [-0.05, 0) is 57.0 Å². The Morgan fingerprint density at radius 2 is 2.12 bits per heavy atom. The van der Waals surface area contributed by atoms with Gasteiger partial charge in [-0.25, -0.2) is 0 Å². The molecule has 1 aromatic carbocycles. The average molecular weight is 399 g/mol. The van der Waals surface area contributed by atoms with Gasteiger partial charge in [-0.2, -0.15) is 0 Å². The van der Waals surface area contributed by atoms with Gasteiger partial charge >= 0.3 is 0 Å². The monoisotopic (exact) mass is 398 g/mol. The molecule has 4 nitrogen and oxygen atoms in total. The summed E-state index contributed by atoms with van der Waals surface area (Å²) in [5.74, 6) is 0.383. The van der Waals surface area contributed by atoms with E-state index in [9.17, 15) is 4.79 Å². The van der Waals surface area contributed by atoms with Crippen LogP contribution in [0.25, 0.3) is 11.0 Å². The van der Waals surface area contributed by atoms with Gasteiger partial charge in [-0.1, -0.05) is 22.0 Å². The molecule has 1 saturated carbocycles. The van der Waals surface area contributed by atoms with Crippen molar-refractivity contribution in [1.29, 1.82) is 0 Å². The van der Waals surface area contributed by atoms with Crippen LogP contribution in [-0.2, 0) is 0 Å². The Balaban J connectivity index is 1.74. The van der Waals surface area contributed by atoms with Gasteiger partial charge in [-0.3, -0.25) is 9.78 Å². The third-order valence-electron chi connectivity index (χ3n) is 4.80. The van der Waals surface area contributed by atoms with E-state index in [0.717, 1.165) is 39.5 Å². The van der Waals surface area contributed by atoms with Gasteiger partial charge < -0.3 is 9.32 Å². The number of hydrogen-bond acceptors (Lipinski definition) is 3. The fourth-order valence-electron chi connectivity index (χ4n) is 3.29. The lowest BCUT2D eigenvalue weighted by molar-refractivity contribution is 0.0638. The molecule has 1 unspecified atom stereocenters. The number of amides is 1. The highest BCUT2D eigenvalue weighted by molar-refractivity contribution is 9.10. The summed E-state index contributed by atoms with van der Waals surface area (Å²) in [6.07, 6.45) is 3.84. The number of pyridine rings is 1. The van der Waals surface area contributed by atoms with Crippen molar-refractivity contribution in [3.8, 4) is 0 Å². The minimum atomic E-state index is -0.0828. The first kappa shape index (κ1) is 16.3. The van der Waals surface area contributed by atoms with Crippen molar-refractivity contribution in [3.63, 3.8) is 0 Å². The molecule has 1 aliphatic rings. The first-order chi connectivity index (χ1) is 12.1. The Morgan fingerprint density at radius 1 is 1.32 bits per heavy atom. The molecule has 0 bridgehead atoms. The van der Waals surface area contributed by atoms with Crippen molar-refractivity contribution in [2.75, 3.05) is 0 Å². The lowest BCUT2D eigenvalue weighted by Gasteiger charge is -2.28. The van der Waals surface area contributed by atoms with Crippen LogP contribution in [0.3, 0.4) is 0 Å². The van der Waals surface area contributed by atoms with E-state index in [1.165, 1.54) is 0 Å². The summed E-state index contributed by atoms with van der Waals surface area (Å²) in [5, 5.41) is 0.971. The SMILES string of the molecule is Cc1c(C(=O)N(C2CC2)C(C)c2ccccn2)oc2ccc(Br)cc12. The van der Waals surface area contributed by atoms with Gasteiger partial charge in [-0.15, -0.1) is 0 Å². The number of nitrogens with zero attached hydrogens (tertiary/aromatic N) is 2. The Labute approximate surface area is 155 Å². The number of hydrogen-bond donors (Lipinski definition) is 0. The van der Waals surface area contributed by atoms with Crippen LogP contribution in [0.4, 0.5) is 0 Å². The van der Waals surface area contributed by atoms with E-state index in [4.69, 9.17) is 4.42 Å². The summed E-state index contributed by atoms with van der Waals surface area (Å²) in [6.45, 7) is 3.98. The minimum absolute atomic E-state index is 0.0505. The maximum absolute atomic E-state index is 13.3. The van der Waals surface area contributed by atoms with Crippen LogP contribution in [0, 0.1) is 6.92 Å². The van der Waals surface area contributed by atoms with E-state index in [1.54, 1.807) is 6.20 Å². The number of benzene rings is 1. The predicted octanol–water partition coefficient (Wildman–Crippen LogP) is 5.26. The second-order valence-electron chi connectivity index (χ2n) is 6.57. The third kappa shape index (κ3) is 2.97. The molecule has 1 fully saturated rings. The fraction of sp³-hybridized carbons (Fsp3) is 0.300. The highest BCUT2D eigenvalue weighted by Gasteiger charge is 2.39. The Kier molecular flexibility index (Phi) is 4.12. The first-order valence-electron chi connectivity index (χ1n) is 8.48. The molecule has 25 heavy (non-hydrogen) atoms. The van der Waals surface area contributed by atoms with Crippen LogP contribution < -0.4 is 0 Å². The summed E-state index contributed by atoms with van der Waals surface area (Å²) in [5.41, 5.74) is 2.53. The second-order valence-corrected chi connectivity index (χ2v) is 7.49. The predicted molar refractivity (Wildman–Crippen MR) is 100 cm³/mol. The van der Waals surface area contributed by atoms with Crippen molar-refractivity contribution in [1.82, 2.24) is 9.88 Å². The fourth-order valence-corrected chi connectivity index (χ4v) is 3.65. The van der Waals surface area contributed by atoms with E-state index in [1.807, 2.05) is 55.1 Å². The van der Waals surface area contributed by atoms with Crippen molar-refractivity contribution in [2.45, 2.75) is 38.8 Å². The highest BCUT2D eigenvalue weighted by atomic mass is 79.9. The van der Waals surface area contributed by atoms with Crippen molar-refractivity contribution in [3.05, 3.63) is 64.1 Å². The number of rotatable bonds is 4. The molecular formula is C20H19BrN2O2. The molecule has 2 heterocycles. The zero-order valence-electron chi connectivity index (χ0n) is 14.2. The maximum Gasteiger partial charge on any atom is 0.290 e. The summed E-state index contributed by atoms with van der Waals surface area (Å²) >= 11 is 3.48. The number of halogens is 1. The van der Waals surface area contributed by atoms with Crippen LogP contribution in [0.2, 0.25) is 0 Å². The van der Waals surface area contributed by atoms with Gasteiger partial charge in [0.2, 0.25) is 0 Å². The van der Waals surface area contributed by atoms with Crippen LogP contribution in [0.5, 0.6) is 0 Å². The number of fused-ring (bicyclic) bond motifs is 1. The molecule has 128 valence electrons. The Morgan fingerprint density at radius 3 is 2.80 bits per heavy atom. The molecule has 5 heteroatoms. The van der Waals surface area contributed by atoms with Gasteiger partial charge in [0.15, 0.2) is 5.76 Å². The maximum atomic E-state index is 13.3. The third-order valence-corrected chi connectivity index (χ3v) is 5.29. The number of furan rings is 1. The van der Waals surface area contributed by atoms with E-state index < -0.39 is 0 Å². The standard InChI is InChI=1S/C20H19BrN2O2/c1-12-16-11-14(21)6-9-18(16)25-19(12)20(24)23(15-7-8-15)13(2)17-5-3-4-10-22-17/h3-6,9-11,13,15H,7-8H2,1-2H3. The smallest absolute Gasteiger partial charge is 0.290 e. The average Bonchev–Trinajstić information content (AvgIpc) is 3.40. The quantitative estimate of drug-likeness (QED) is 0.601. The lowest BCUT2D eigenvalue weighted by Crippen LogP contribution is -2.36. The van der Waals surface area contributed by atoms with Crippen LogP contribution >= 0.6 is 15.9 Å². The number of aromatic nitrogens is 1. The van der Waals surface area contributed by atoms with Crippen LogP contribution in [-0.4, -0.2) is 21.8 Å². The molecule has 0 radical (unpaired) electrons. The van der Waals surface area contributed by atoms with Gasteiger partial charge in [0.1, 0.15) is 5.58 Å². The molecule has 0 saturated heterocycles. The molecular weight excluding hydrogens is 380 g/mol. The summed E-state index contributed by atoms with van der Waals surface area (Å²) < 4.78 is 6.90. The zero-order valence-corrected chi connectivity index (χ0v) is 15.8. The largest absolute Gasteiger partial charge is 0.451 e. The summed E-state index contributed by atoms with van der Waals surface area (Å²) in [7, 11) is 0. The molecule has 2 aromatic heterocycles. The molecule has 0 spiro atoms. The molecule has 0 aliphatic heterocycles. The van der Waals surface area contributed by atoms with E-state index >= 15 is 0 Å². The molecule has 0 N–H and O–H groups in total. The van der Waals surface area contributed by atoms with Crippen molar-refractivity contribution in [2.24, 2.45) is 0 Å². The summed E-state index contributed by atoms with van der Waals surface area (Å²) in [6, 6.07) is 11.8. The van der Waals surface area contributed by atoms with Crippen LogP contribution in [0.15, 0.2) is 51.5 Å². The van der Waals surface area contributed by atoms with E-state index in [0.29, 0.717) is 5.76 Å². The minimum Gasteiger partial charge on any atom is -0.451 e. The van der Waals surface area contributed by atoms with Crippen molar-refractivity contribution < 1.29 is 9.21 Å². The first-order valence-corrected chi connectivity index (χ1v) is 9.28. The number of aryl methyl sites for hydroxylation is 1.